The topological polar surface area (TPSA) is 30.2 Å². The first-order valence-electron chi connectivity index (χ1n) is 6.29. The minimum absolute atomic E-state index is 0.197. The summed E-state index contributed by atoms with van der Waals surface area (Å²) in [6.45, 7) is 2.35. The van der Waals surface area contributed by atoms with Gasteiger partial charge in [-0.25, -0.2) is 4.57 Å². The molecule has 1 aromatic heterocycles. The van der Waals surface area contributed by atoms with Crippen LogP contribution in [0.1, 0.15) is 16.7 Å². The smallest absolute Gasteiger partial charge is 0.310 e. The van der Waals surface area contributed by atoms with Gasteiger partial charge in [0.15, 0.2) is 12.4 Å². The molecule has 0 N–H and O–H groups in total. The highest BCUT2D eigenvalue weighted by atomic mass is 16.5. The molecule has 0 amide bonds. The zero-order valence-corrected chi connectivity index (χ0v) is 11.3. The van der Waals surface area contributed by atoms with Crippen LogP contribution in [0.2, 0.25) is 0 Å². The SMILES string of the molecule is Cc1ccc(CC(=O)OCc2cc[n+](C)cc2)cc1. The number of aromatic nitrogens is 1. The number of hydrogen-bond donors (Lipinski definition) is 0. The number of carbonyl (C=O) groups is 1. The van der Waals surface area contributed by atoms with Crippen molar-refractivity contribution in [3.05, 3.63) is 65.5 Å². The molecule has 3 nitrogen and oxygen atoms in total. The molecule has 0 aliphatic rings. The second-order valence-electron chi connectivity index (χ2n) is 4.69. The molecular weight excluding hydrogens is 238 g/mol. The first-order chi connectivity index (χ1) is 9.13. The van der Waals surface area contributed by atoms with E-state index in [1.54, 1.807) is 0 Å². The van der Waals surface area contributed by atoms with Gasteiger partial charge in [0.2, 0.25) is 0 Å². The Hall–Kier alpha value is -2.16. The summed E-state index contributed by atoms with van der Waals surface area (Å²) < 4.78 is 7.20. The van der Waals surface area contributed by atoms with Gasteiger partial charge in [-0.05, 0) is 12.5 Å². The zero-order chi connectivity index (χ0) is 13.7. The molecule has 3 heteroatoms. The second-order valence-corrected chi connectivity index (χ2v) is 4.69. The van der Waals surface area contributed by atoms with Crippen molar-refractivity contribution in [2.45, 2.75) is 20.0 Å². The Kier molecular flexibility index (Phi) is 4.29. The normalized spacial score (nSPS) is 10.2. The molecule has 0 atom stereocenters. The molecule has 2 rings (SSSR count). The summed E-state index contributed by atoms with van der Waals surface area (Å²) in [5.74, 6) is -0.197. The third-order valence-corrected chi connectivity index (χ3v) is 2.92. The maximum atomic E-state index is 11.7. The van der Waals surface area contributed by atoms with E-state index in [1.165, 1.54) is 5.56 Å². The second kappa shape index (κ2) is 6.14. The van der Waals surface area contributed by atoms with Crippen LogP contribution in [0.25, 0.3) is 0 Å². The van der Waals surface area contributed by atoms with Crippen LogP contribution in [0.4, 0.5) is 0 Å². The van der Waals surface area contributed by atoms with Gasteiger partial charge in [0, 0.05) is 17.7 Å². The molecule has 1 heterocycles. The predicted molar refractivity (Wildman–Crippen MR) is 72.3 cm³/mol. The van der Waals surface area contributed by atoms with Gasteiger partial charge in [-0.15, -0.1) is 0 Å². The van der Waals surface area contributed by atoms with Gasteiger partial charge in [-0.1, -0.05) is 29.8 Å². The van der Waals surface area contributed by atoms with E-state index in [1.807, 2.05) is 67.3 Å². The summed E-state index contributed by atoms with van der Waals surface area (Å²) in [7, 11) is 1.95. The third kappa shape index (κ3) is 4.21. The summed E-state index contributed by atoms with van der Waals surface area (Å²) in [4.78, 5) is 11.7. The van der Waals surface area contributed by atoms with Crippen molar-refractivity contribution in [1.82, 2.24) is 0 Å². The van der Waals surface area contributed by atoms with Crippen LogP contribution in [-0.4, -0.2) is 5.97 Å². The molecular formula is C16H18NO2+. The molecule has 1 aromatic carbocycles. The number of hydrogen-bond acceptors (Lipinski definition) is 2. The van der Waals surface area contributed by atoms with Gasteiger partial charge in [0.05, 0.1) is 6.42 Å². The molecule has 0 unspecified atom stereocenters. The summed E-state index contributed by atoms with van der Waals surface area (Å²) in [5, 5.41) is 0. The summed E-state index contributed by atoms with van der Waals surface area (Å²) in [5.41, 5.74) is 3.17. The summed E-state index contributed by atoms with van der Waals surface area (Å²) in [6, 6.07) is 11.8. The Morgan fingerprint density at radius 1 is 1.05 bits per heavy atom. The van der Waals surface area contributed by atoms with Crippen molar-refractivity contribution in [2.24, 2.45) is 7.05 Å². The van der Waals surface area contributed by atoms with Crippen LogP contribution in [-0.2, 0) is 29.6 Å². The lowest BCUT2D eigenvalue weighted by molar-refractivity contribution is -0.671. The largest absolute Gasteiger partial charge is 0.461 e. The van der Waals surface area contributed by atoms with Gasteiger partial charge in [-0.3, -0.25) is 4.79 Å². The van der Waals surface area contributed by atoms with Gasteiger partial charge < -0.3 is 4.74 Å². The number of ether oxygens (including phenoxy) is 1. The standard InChI is InChI=1S/C16H18NO2/c1-13-3-5-14(6-4-13)11-16(18)19-12-15-7-9-17(2)10-8-15/h3-10H,11-12H2,1-2H3/q+1. The molecule has 0 radical (unpaired) electrons. The van der Waals surface area contributed by atoms with E-state index in [-0.39, 0.29) is 5.97 Å². The summed E-state index contributed by atoms with van der Waals surface area (Å²) in [6.07, 6.45) is 4.19. The zero-order valence-electron chi connectivity index (χ0n) is 11.3. The highest BCUT2D eigenvalue weighted by Crippen LogP contribution is 2.06. The molecule has 0 fully saturated rings. The van der Waals surface area contributed by atoms with Crippen LogP contribution in [0, 0.1) is 6.92 Å². The third-order valence-electron chi connectivity index (χ3n) is 2.92. The molecule has 0 aliphatic carbocycles. The van der Waals surface area contributed by atoms with Gasteiger partial charge in [0.1, 0.15) is 13.7 Å². The van der Waals surface area contributed by atoms with E-state index in [0.29, 0.717) is 13.0 Å². The highest BCUT2D eigenvalue weighted by Gasteiger charge is 2.05. The lowest BCUT2D eigenvalue weighted by Gasteiger charge is -2.05. The molecule has 0 bridgehead atoms. The Morgan fingerprint density at radius 2 is 1.68 bits per heavy atom. The van der Waals surface area contributed by atoms with Crippen LogP contribution in [0.3, 0.4) is 0 Å². The Bertz CT molecular complexity index is 544. The van der Waals surface area contributed by atoms with E-state index in [4.69, 9.17) is 4.74 Å². The van der Waals surface area contributed by atoms with Crippen LogP contribution in [0.15, 0.2) is 48.8 Å². The number of rotatable bonds is 4. The van der Waals surface area contributed by atoms with E-state index >= 15 is 0 Å². The predicted octanol–water partition coefficient (Wildman–Crippen LogP) is 2.11. The lowest BCUT2D eigenvalue weighted by Crippen LogP contribution is -2.26. The number of esters is 1. The summed E-state index contributed by atoms with van der Waals surface area (Å²) >= 11 is 0. The van der Waals surface area contributed by atoms with E-state index in [0.717, 1.165) is 11.1 Å². The minimum Gasteiger partial charge on any atom is -0.461 e. The van der Waals surface area contributed by atoms with Crippen molar-refractivity contribution in [1.29, 1.82) is 0 Å². The maximum absolute atomic E-state index is 11.7. The molecule has 98 valence electrons. The van der Waals surface area contributed by atoms with Crippen molar-refractivity contribution in [2.75, 3.05) is 0 Å². The van der Waals surface area contributed by atoms with E-state index < -0.39 is 0 Å². The lowest BCUT2D eigenvalue weighted by atomic mass is 10.1. The monoisotopic (exact) mass is 256 g/mol. The van der Waals surface area contributed by atoms with Crippen LogP contribution in [0.5, 0.6) is 0 Å². The quantitative estimate of drug-likeness (QED) is 0.619. The van der Waals surface area contributed by atoms with Crippen molar-refractivity contribution >= 4 is 5.97 Å². The fourth-order valence-electron chi connectivity index (χ4n) is 1.72. The fourth-order valence-corrected chi connectivity index (χ4v) is 1.72. The average Bonchev–Trinajstić information content (AvgIpc) is 2.41. The van der Waals surface area contributed by atoms with Gasteiger partial charge >= 0.3 is 5.97 Å². The first kappa shape index (κ1) is 13.3. The first-order valence-corrected chi connectivity index (χ1v) is 6.29. The molecule has 0 saturated heterocycles. The number of nitrogens with zero attached hydrogens (tertiary/aromatic N) is 1. The fraction of sp³-hybridized carbons (Fsp3) is 0.250. The Morgan fingerprint density at radius 3 is 2.32 bits per heavy atom. The van der Waals surface area contributed by atoms with E-state index in [9.17, 15) is 4.79 Å². The molecule has 2 aromatic rings. The van der Waals surface area contributed by atoms with Gasteiger partial charge in [0.25, 0.3) is 0 Å². The molecule has 0 spiro atoms. The molecule has 0 aliphatic heterocycles. The molecule has 0 saturated carbocycles. The molecule has 19 heavy (non-hydrogen) atoms. The number of benzene rings is 1. The van der Waals surface area contributed by atoms with Gasteiger partial charge in [-0.2, -0.15) is 0 Å². The number of pyridine rings is 1. The Labute approximate surface area is 113 Å². The highest BCUT2D eigenvalue weighted by molar-refractivity contribution is 5.72. The maximum Gasteiger partial charge on any atom is 0.310 e. The van der Waals surface area contributed by atoms with E-state index in [2.05, 4.69) is 0 Å². The number of carbonyl (C=O) groups excluding carboxylic acids is 1. The van der Waals surface area contributed by atoms with Crippen molar-refractivity contribution in [3.63, 3.8) is 0 Å². The average molecular weight is 256 g/mol. The Balaban J connectivity index is 1.84. The minimum atomic E-state index is -0.197. The number of aryl methyl sites for hydroxylation is 2. The van der Waals surface area contributed by atoms with Crippen LogP contribution >= 0.6 is 0 Å². The van der Waals surface area contributed by atoms with Crippen molar-refractivity contribution < 1.29 is 14.1 Å². The van der Waals surface area contributed by atoms with Crippen LogP contribution < -0.4 is 4.57 Å². The van der Waals surface area contributed by atoms with Crippen molar-refractivity contribution in [3.8, 4) is 0 Å².